The Labute approximate surface area is 314 Å². The van der Waals surface area contributed by atoms with Gasteiger partial charge in [0.1, 0.15) is 0 Å². The molecule has 0 radical (unpaired) electrons. The summed E-state index contributed by atoms with van der Waals surface area (Å²) in [6, 6.07) is 31.8. The third kappa shape index (κ3) is 10.8. The van der Waals surface area contributed by atoms with E-state index in [-0.39, 0.29) is 17.7 Å². The summed E-state index contributed by atoms with van der Waals surface area (Å²) in [6.45, 7) is 13.6. The molecule has 11 nitrogen and oxygen atoms in total. The van der Waals surface area contributed by atoms with Gasteiger partial charge in [-0.3, -0.25) is 14.4 Å². The van der Waals surface area contributed by atoms with Crippen molar-refractivity contribution >= 4 is 51.8 Å². The van der Waals surface area contributed by atoms with Crippen LogP contribution in [0.4, 0.5) is 34.1 Å². The van der Waals surface area contributed by atoms with Gasteiger partial charge >= 0.3 is 0 Å². The number of hydrogen-bond acceptors (Lipinski definition) is 8. The molecular formula is C42H54N8O3. The van der Waals surface area contributed by atoms with E-state index in [1.165, 1.54) is 6.92 Å². The number of benzene rings is 4. The van der Waals surface area contributed by atoms with Gasteiger partial charge in [-0.15, -0.1) is 0 Å². The summed E-state index contributed by atoms with van der Waals surface area (Å²) in [5, 5.41) is 2.91. The van der Waals surface area contributed by atoms with Crippen LogP contribution in [0.5, 0.6) is 0 Å². The minimum Gasteiger partial charge on any atom is -0.397 e. The second-order valence-electron chi connectivity index (χ2n) is 13.9. The van der Waals surface area contributed by atoms with Crippen molar-refractivity contribution in [3.63, 3.8) is 0 Å². The zero-order valence-electron chi connectivity index (χ0n) is 31.8. The summed E-state index contributed by atoms with van der Waals surface area (Å²) in [5.74, 6) is -0.231. The van der Waals surface area contributed by atoms with Gasteiger partial charge in [0.25, 0.3) is 0 Å². The van der Waals surface area contributed by atoms with E-state index >= 15 is 0 Å². The number of carbonyl (C=O) groups is 3. The van der Waals surface area contributed by atoms with Crippen LogP contribution in [-0.2, 0) is 27.5 Å². The maximum absolute atomic E-state index is 12.4. The standard InChI is InChI=1S/C22H28N4O2.C20H26N4O/c1-17(27)23-21-15-20(25-13-11-24(3)12-14-25)9-10-22(21)26(18(2)28)16-19-7-5-4-6-8-19;1-16(25)24(15-17-6-4-3-5-7-17)20-9-8-18(14-19(20)21)23-12-10-22(2)11-13-23/h4-10,15H,11-14,16H2,1-3H3,(H,23,27);3-9,14H,10-13,15,21H2,1-2H3. The van der Waals surface area contributed by atoms with Crippen molar-refractivity contribution in [2.75, 3.05) is 97.1 Å². The van der Waals surface area contributed by atoms with Gasteiger partial charge in [-0.05, 0) is 61.6 Å². The normalized spacial score (nSPS) is 14.9. The molecule has 4 aromatic carbocycles. The van der Waals surface area contributed by atoms with Crippen molar-refractivity contribution in [3.05, 3.63) is 108 Å². The highest BCUT2D eigenvalue weighted by Gasteiger charge is 2.21. The molecule has 280 valence electrons. The molecule has 2 saturated heterocycles. The molecule has 0 aliphatic carbocycles. The van der Waals surface area contributed by atoms with Crippen LogP contribution in [0.2, 0.25) is 0 Å². The lowest BCUT2D eigenvalue weighted by Crippen LogP contribution is -2.44. The highest BCUT2D eigenvalue weighted by atomic mass is 16.2. The number of carbonyl (C=O) groups excluding carboxylic acids is 3. The molecule has 0 saturated carbocycles. The lowest BCUT2D eigenvalue weighted by molar-refractivity contribution is -0.117. The topological polar surface area (TPSA) is 109 Å². The Balaban J connectivity index is 0.000000206. The quantitative estimate of drug-likeness (QED) is 0.218. The molecule has 3 amide bonds. The summed E-state index contributed by atoms with van der Waals surface area (Å²) in [7, 11) is 4.26. The van der Waals surface area contributed by atoms with Gasteiger partial charge in [-0.1, -0.05) is 60.7 Å². The van der Waals surface area contributed by atoms with E-state index in [1.54, 1.807) is 23.6 Å². The molecule has 2 aliphatic heterocycles. The predicted octanol–water partition coefficient (Wildman–Crippen LogP) is 5.52. The summed E-state index contributed by atoms with van der Waals surface area (Å²) >= 11 is 0. The van der Waals surface area contributed by atoms with Crippen molar-refractivity contribution in [1.29, 1.82) is 0 Å². The highest BCUT2D eigenvalue weighted by molar-refractivity contribution is 6.00. The molecule has 2 aliphatic rings. The molecule has 11 heteroatoms. The van der Waals surface area contributed by atoms with Crippen LogP contribution in [0.25, 0.3) is 0 Å². The zero-order chi connectivity index (χ0) is 37.9. The molecule has 0 spiro atoms. The second kappa shape index (κ2) is 18.4. The number of amides is 3. The van der Waals surface area contributed by atoms with Crippen molar-refractivity contribution in [2.45, 2.75) is 33.9 Å². The van der Waals surface area contributed by atoms with Gasteiger partial charge in [0.2, 0.25) is 17.7 Å². The second-order valence-corrected chi connectivity index (χ2v) is 13.9. The van der Waals surface area contributed by atoms with Crippen LogP contribution < -0.4 is 30.7 Å². The number of hydrogen-bond donors (Lipinski definition) is 2. The fourth-order valence-corrected chi connectivity index (χ4v) is 6.62. The fraction of sp³-hybridized carbons (Fsp3) is 0.357. The SMILES string of the molecule is CC(=O)N(Cc1ccccc1)c1ccc(N2CCN(C)CC2)cc1N.CC(=O)Nc1cc(N2CCN(C)CC2)ccc1N(Cc1ccccc1)C(C)=O. The lowest BCUT2D eigenvalue weighted by Gasteiger charge is -2.35. The number of nitrogens with zero attached hydrogens (tertiary/aromatic N) is 6. The van der Waals surface area contributed by atoms with E-state index in [4.69, 9.17) is 5.73 Å². The molecule has 6 rings (SSSR count). The minimum atomic E-state index is -0.153. The Bertz CT molecular complexity index is 1820. The van der Waals surface area contributed by atoms with Gasteiger partial charge in [-0.25, -0.2) is 0 Å². The number of anilines is 6. The van der Waals surface area contributed by atoms with Crippen LogP contribution >= 0.6 is 0 Å². The number of nitrogens with two attached hydrogens (primary N) is 1. The van der Waals surface area contributed by atoms with Crippen LogP contribution in [0.3, 0.4) is 0 Å². The molecular weight excluding hydrogens is 665 g/mol. The molecule has 3 N–H and O–H groups in total. The largest absolute Gasteiger partial charge is 0.397 e. The number of rotatable bonds is 9. The van der Waals surface area contributed by atoms with E-state index in [1.807, 2.05) is 91.0 Å². The maximum atomic E-state index is 12.4. The Morgan fingerprint density at radius 3 is 1.42 bits per heavy atom. The molecule has 0 unspecified atom stereocenters. The number of piperazine rings is 2. The Kier molecular flexibility index (Phi) is 13.5. The summed E-state index contributed by atoms with van der Waals surface area (Å²) in [5.41, 5.74) is 13.4. The molecule has 2 fully saturated rings. The third-order valence-corrected chi connectivity index (χ3v) is 9.75. The average Bonchev–Trinajstić information content (AvgIpc) is 3.14. The Morgan fingerprint density at radius 2 is 1.00 bits per heavy atom. The van der Waals surface area contributed by atoms with E-state index in [0.717, 1.165) is 80.5 Å². The summed E-state index contributed by atoms with van der Waals surface area (Å²) in [6.07, 6.45) is 0. The Hall–Kier alpha value is -5.39. The number of nitrogens with one attached hydrogen (secondary N) is 1. The smallest absolute Gasteiger partial charge is 0.224 e. The van der Waals surface area contributed by atoms with Gasteiger partial charge in [-0.2, -0.15) is 0 Å². The molecule has 0 bridgehead atoms. The molecule has 0 atom stereocenters. The first-order valence-corrected chi connectivity index (χ1v) is 18.3. The van der Waals surface area contributed by atoms with E-state index in [0.29, 0.717) is 30.2 Å². The first-order chi connectivity index (χ1) is 25.5. The van der Waals surface area contributed by atoms with Crippen molar-refractivity contribution in [1.82, 2.24) is 9.80 Å². The van der Waals surface area contributed by atoms with Gasteiger partial charge in [0.15, 0.2) is 0 Å². The fourth-order valence-electron chi connectivity index (χ4n) is 6.62. The zero-order valence-corrected chi connectivity index (χ0v) is 31.8. The van der Waals surface area contributed by atoms with Crippen LogP contribution in [0.1, 0.15) is 31.9 Å². The number of likely N-dealkylation sites (N-methyl/N-ethyl adjacent to an activating group) is 2. The summed E-state index contributed by atoms with van der Waals surface area (Å²) in [4.78, 5) is 49.1. The third-order valence-electron chi connectivity index (χ3n) is 9.75. The molecule has 2 heterocycles. The van der Waals surface area contributed by atoms with Crippen LogP contribution in [0.15, 0.2) is 97.1 Å². The van der Waals surface area contributed by atoms with Gasteiger partial charge in [0, 0.05) is 84.5 Å². The van der Waals surface area contributed by atoms with Gasteiger partial charge in [0.05, 0.1) is 35.8 Å². The van der Waals surface area contributed by atoms with Crippen molar-refractivity contribution < 1.29 is 14.4 Å². The van der Waals surface area contributed by atoms with Gasteiger partial charge < -0.3 is 40.4 Å². The molecule has 0 aromatic heterocycles. The van der Waals surface area contributed by atoms with E-state index in [9.17, 15) is 14.4 Å². The maximum Gasteiger partial charge on any atom is 0.224 e. The van der Waals surface area contributed by atoms with E-state index < -0.39 is 0 Å². The van der Waals surface area contributed by atoms with E-state index in [2.05, 4.69) is 45.1 Å². The first-order valence-electron chi connectivity index (χ1n) is 18.3. The monoisotopic (exact) mass is 718 g/mol. The van der Waals surface area contributed by atoms with Crippen LogP contribution in [-0.4, -0.2) is 94.0 Å². The van der Waals surface area contributed by atoms with Crippen molar-refractivity contribution in [2.24, 2.45) is 0 Å². The summed E-state index contributed by atoms with van der Waals surface area (Å²) < 4.78 is 0. The number of nitrogen functional groups attached to an aromatic ring is 1. The molecule has 53 heavy (non-hydrogen) atoms. The average molecular weight is 719 g/mol. The van der Waals surface area contributed by atoms with Crippen LogP contribution in [0, 0.1) is 0 Å². The highest BCUT2D eigenvalue weighted by Crippen LogP contribution is 2.33. The van der Waals surface area contributed by atoms with Crippen molar-refractivity contribution in [3.8, 4) is 0 Å². The molecule has 4 aromatic rings. The Morgan fingerprint density at radius 1 is 0.585 bits per heavy atom. The predicted molar refractivity (Wildman–Crippen MR) is 218 cm³/mol. The first kappa shape index (κ1) is 38.8. The lowest BCUT2D eigenvalue weighted by atomic mass is 10.1. The minimum absolute atomic E-state index is 0.0112.